The SMILES string of the molecule is O=C(O)c1ncc(Cc2ccc(F)cc2)cc1NCCCN1C(=O)c2ccccc2C1=O. The lowest BCUT2D eigenvalue weighted by molar-refractivity contribution is 0.0650. The van der Waals surface area contributed by atoms with Crippen molar-refractivity contribution in [3.8, 4) is 0 Å². The Morgan fingerprint density at radius 3 is 2.28 bits per heavy atom. The highest BCUT2D eigenvalue weighted by molar-refractivity contribution is 6.21. The number of hydrogen-bond donors (Lipinski definition) is 2. The van der Waals surface area contributed by atoms with Crippen molar-refractivity contribution in [3.63, 3.8) is 0 Å². The standard InChI is InChI=1S/C24H20FN3O4/c25-17-8-6-15(7-9-17)12-16-13-20(21(24(31)32)27-14-16)26-10-3-11-28-22(29)18-4-1-2-5-19(18)23(28)30/h1-2,4-9,13-14,26H,3,10-12H2,(H,31,32). The number of aromatic nitrogens is 1. The molecule has 0 spiro atoms. The number of aromatic carboxylic acids is 1. The van der Waals surface area contributed by atoms with Crippen molar-refractivity contribution in [2.45, 2.75) is 12.8 Å². The Balaban J connectivity index is 1.40. The van der Waals surface area contributed by atoms with Gasteiger partial charge in [0.1, 0.15) is 5.82 Å². The van der Waals surface area contributed by atoms with Crippen molar-refractivity contribution in [1.82, 2.24) is 9.88 Å². The lowest BCUT2D eigenvalue weighted by Crippen LogP contribution is -2.31. The van der Waals surface area contributed by atoms with E-state index in [0.29, 0.717) is 36.2 Å². The molecule has 2 amide bonds. The molecule has 0 saturated carbocycles. The number of carbonyl (C=O) groups is 3. The molecule has 7 nitrogen and oxygen atoms in total. The van der Waals surface area contributed by atoms with Crippen molar-refractivity contribution < 1.29 is 23.9 Å². The maximum atomic E-state index is 13.1. The van der Waals surface area contributed by atoms with Crippen LogP contribution >= 0.6 is 0 Å². The molecular weight excluding hydrogens is 413 g/mol. The van der Waals surface area contributed by atoms with E-state index in [1.54, 1.807) is 42.5 Å². The normalized spacial score (nSPS) is 12.7. The summed E-state index contributed by atoms with van der Waals surface area (Å²) < 4.78 is 13.1. The molecule has 0 unspecified atom stereocenters. The molecule has 0 aliphatic carbocycles. The quantitative estimate of drug-likeness (QED) is 0.416. The maximum absolute atomic E-state index is 13.1. The minimum absolute atomic E-state index is 0.117. The van der Waals surface area contributed by atoms with Crippen LogP contribution in [0.3, 0.4) is 0 Å². The van der Waals surface area contributed by atoms with Gasteiger partial charge in [0, 0.05) is 19.3 Å². The number of amides is 2. The van der Waals surface area contributed by atoms with Crippen molar-refractivity contribution in [1.29, 1.82) is 0 Å². The highest BCUT2D eigenvalue weighted by atomic mass is 19.1. The first-order chi connectivity index (χ1) is 15.4. The number of pyridine rings is 1. The molecule has 1 aliphatic heterocycles. The second-order valence-electron chi connectivity index (χ2n) is 7.44. The third-order valence-electron chi connectivity index (χ3n) is 5.22. The first-order valence-corrected chi connectivity index (χ1v) is 10.1. The number of carboxylic acids is 1. The molecule has 0 atom stereocenters. The van der Waals surface area contributed by atoms with E-state index in [-0.39, 0.29) is 29.9 Å². The largest absolute Gasteiger partial charge is 0.476 e. The zero-order chi connectivity index (χ0) is 22.7. The van der Waals surface area contributed by atoms with Crippen LogP contribution in [-0.4, -0.2) is 45.9 Å². The average molecular weight is 433 g/mol. The van der Waals surface area contributed by atoms with Gasteiger partial charge in [-0.1, -0.05) is 24.3 Å². The Hall–Kier alpha value is -4.07. The van der Waals surface area contributed by atoms with Crippen LogP contribution in [0.1, 0.15) is 48.8 Å². The van der Waals surface area contributed by atoms with Crippen LogP contribution in [0.2, 0.25) is 0 Å². The van der Waals surface area contributed by atoms with Crippen LogP contribution in [0.5, 0.6) is 0 Å². The van der Waals surface area contributed by atoms with Gasteiger partial charge in [-0.05, 0) is 54.3 Å². The Bertz CT molecular complexity index is 1160. The highest BCUT2D eigenvalue weighted by Crippen LogP contribution is 2.23. The van der Waals surface area contributed by atoms with Gasteiger partial charge in [-0.15, -0.1) is 0 Å². The number of benzene rings is 2. The van der Waals surface area contributed by atoms with Crippen LogP contribution in [0.25, 0.3) is 0 Å². The molecule has 4 rings (SSSR count). The van der Waals surface area contributed by atoms with Gasteiger partial charge in [0.25, 0.3) is 11.8 Å². The van der Waals surface area contributed by atoms with Gasteiger partial charge in [-0.3, -0.25) is 14.5 Å². The molecule has 3 aromatic rings. The highest BCUT2D eigenvalue weighted by Gasteiger charge is 2.34. The number of anilines is 1. The molecule has 0 radical (unpaired) electrons. The molecule has 1 aromatic heterocycles. The van der Waals surface area contributed by atoms with Gasteiger partial charge in [-0.2, -0.15) is 0 Å². The summed E-state index contributed by atoms with van der Waals surface area (Å²) in [4.78, 5) is 41.6. The molecule has 2 aromatic carbocycles. The molecule has 0 saturated heterocycles. The molecule has 32 heavy (non-hydrogen) atoms. The summed E-state index contributed by atoms with van der Waals surface area (Å²) in [6.45, 7) is 0.555. The second kappa shape index (κ2) is 8.97. The number of hydrogen-bond acceptors (Lipinski definition) is 5. The molecular formula is C24H20FN3O4. The number of rotatable bonds is 8. The number of nitrogens with one attached hydrogen (secondary N) is 1. The van der Waals surface area contributed by atoms with Crippen molar-refractivity contribution in [2.75, 3.05) is 18.4 Å². The van der Waals surface area contributed by atoms with E-state index in [2.05, 4.69) is 10.3 Å². The fraction of sp³-hybridized carbons (Fsp3) is 0.167. The van der Waals surface area contributed by atoms with Crippen LogP contribution in [0.4, 0.5) is 10.1 Å². The van der Waals surface area contributed by atoms with Crippen LogP contribution in [-0.2, 0) is 6.42 Å². The summed E-state index contributed by atoms with van der Waals surface area (Å²) >= 11 is 0. The second-order valence-corrected chi connectivity index (χ2v) is 7.44. The fourth-order valence-corrected chi connectivity index (χ4v) is 3.65. The number of nitrogens with zero attached hydrogens (tertiary/aromatic N) is 2. The summed E-state index contributed by atoms with van der Waals surface area (Å²) in [5, 5.41) is 12.5. The Morgan fingerprint density at radius 1 is 1.00 bits per heavy atom. The average Bonchev–Trinajstić information content (AvgIpc) is 3.03. The lowest BCUT2D eigenvalue weighted by Gasteiger charge is -2.15. The number of fused-ring (bicyclic) bond motifs is 1. The van der Waals surface area contributed by atoms with Gasteiger partial charge in [0.2, 0.25) is 0 Å². The van der Waals surface area contributed by atoms with Crippen molar-refractivity contribution in [3.05, 3.63) is 94.6 Å². The minimum Gasteiger partial charge on any atom is -0.476 e. The third-order valence-corrected chi connectivity index (χ3v) is 5.22. The lowest BCUT2D eigenvalue weighted by atomic mass is 10.1. The Kier molecular flexibility index (Phi) is 5.93. The van der Waals surface area contributed by atoms with Crippen molar-refractivity contribution >= 4 is 23.5 Å². The number of halogens is 1. The van der Waals surface area contributed by atoms with Gasteiger partial charge >= 0.3 is 5.97 Å². The molecule has 162 valence electrons. The minimum atomic E-state index is -1.17. The topological polar surface area (TPSA) is 99.6 Å². The summed E-state index contributed by atoms with van der Waals surface area (Å²) in [5.74, 6) is -2.13. The van der Waals surface area contributed by atoms with E-state index in [1.807, 2.05) is 0 Å². The van der Waals surface area contributed by atoms with Crippen LogP contribution in [0, 0.1) is 5.82 Å². The number of carbonyl (C=O) groups excluding carboxylic acids is 2. The van der Waals surface area contributed by atoms with E-state index in [1.165, 1.54) is 23.2 Å². The third kappa shape index (κ3) is 4.34. The first-order valence-electron chi connectivity index (χ1n) is 10.1. The Labute approximate surface area is 183 Å². The van der Waals surface area contributed by atoms with Gasteiger partial charge in [0.05, 0.1) is 16.8 Å². The van der Waals surface area contributed by atoms with E-state index in [0.717, 1.165) is 11.1 Å². The molecule has 2 heterocycles. The number of imide groups is 1. The molecule has 0 fully saturated rings. The summed E-state index contributed by atoms with van der Waals surface area (Å²) in [5.41, 5.74) is 2.66. The first kappa shape index (κ1) is 21.2. The van der Waals surface area contributed by atoms with Gasteiger partial charge in [-0.25, -0.2) is 14.2 Å². The zero-order valence-electron chi connectivity index (χ0n) is 17.0. The molecule has 2 N–H and O–H groups in total. The molecule has 0 bridgehead atoms. The predicted octanol–water partition coefficient (Wildman–Crippen LogP) is 3.61. The van der Waals surface area contributed by atoms with Crippen molar-refractivity contribution in [2.24, 2.45) is 0 Å². The molecule has 1 aliphatic rings. The summed E-state index contributed by atoms with van der Waals surface area (Å²) in [7, 11) is 0. The van der Waals surface area contributed by atoms with E-state index >= 15 is 0 Å². The molecule has 8 heteroatoms. The smallest absolute Gasteiger partial charge is 0.356 e. The predicted molar refractivity (Wildman–Crippen MR) is 115 cm³/mol. The summed E-state index contributed by atoms with van der Waals surface area (Å²) in [6, 6.07) is 14.5. The van der Waals surface area contributed by atoms with Crippen LogP contribution < -0.4 is 5.32 Å². The maximum Gasteiger partial charge on any atom is 0.356 e. The fourth-order valence-electron chi connectivity index (χ4n) is 3.65. The van der Waals surface area contributed by atoms with E-state index in [9.17, 15) is 23.9 Å². The summed E-state index contributed by atoms with van der Waals surface area (Å²) in [6.07, 6.45) is 2.39. The van der Waals surface area contributed by atoms with E-state index in [4.69, 9.17) is 0 Å². The van der Waals surface area contributed by atoms with Crippen LogP contribution in [0.15, 0.2) is 60.8 Å². The van der Waals surface area contributed by atoms with Gasteiger partial charge in [0.15, 0.2) is 5.69 Å². The van der Waals surface area contributed by atoms with Gasteiger partial charge < -0.3 is 10.4 Å². The number of carboxylic acid groups (broad SMARTS) is 1. The Morgan fingerprint density at radius 2 is 1.66 bits per heavy atom. The zero-order valence-corrected chi connectivity index (χ0v) is 17.0. The van der Waals surface area contributed by atoms with E-state index < -0.39 is 5.97 Å². The monoisotopic (exact) mass is 433 g/mol.